The molecule has 0 rings (SSSR count). The van der Waals surface area contributed by atoms with E-state index in [0.717, 1.165) is 16.2 Å². The van der Waals surface area contributed by atoms with Crippen LogP contribution in [-0.2, 0) is 0 Å². The van der Waals surface area contributed by atoms with Crippen LogP contribution in [0.3, 0.4) is 0 Å². The minimum absolute atomic E-state index is 1.03. The van der Waals surface area contributed by atoms with Crippen LogP contribution in [0.1, 0.15) is 27.2 Å². The van der Waals surface area contributed by atoms with E-state index in [1.165, 1.54) is 0 Å². The summed E-state index contributed by atoms with van der Waals surface area (Å²) in [6.07, 6.45) is 7.25. The molecule has 0 aromatic carbocycles. The Morgan fingerprint density at radius 1 is 1.36 bits per heavy atom. The molecule has 0 heterocycles. The van der Waals surface area contributed by atoms with Gasteiger partial charge in [-0.15, -0.1) is 0 Å². The third-order valence-electron chi connectivity index (χ3n) is 0.774. The Bertz CT molecular complexity index is 115. The molecule has 11 heavy (non-hydrogen) atoms. The Morgan fingerprint density at radius 2 is 1.91 bits per heavy atom. The number of alkyl halides is 1. The summed E-state index contributed by atoms with van der Waals surface area (Å²) in [5, 5.41) is 1.03. The minimum Gasteiger partial charge on any atom is -0.0925 e. The second kappa shape index (κ2) is 13.1. The van der Waals surface area contributed by atoms with Crippen molar-refractivity contribution in [1.82, 2.24) is 0 Å². The summed E-state index contributed by atoms with van der Waals surface area (Å²) in [6, 6.07) is 0. The van der Waals surface area contributed by atoms with E-state index in [0.29, 0.717) is 0 Å². The van der Waals surface area contributed by atoms with E-state index in [4.69, 9.17) is 0 Å². The minimum atomic E-state index is 1.03. The molecule has 0 aliphatic carbocycles. The van der Waals surface area contributed by atoms with Gasteiger partial charge in [-0.3, -0.25) is 0 Å². The monoisotopic (exact) mass is 282 g/mol. The fourth-order valence-corrected chi connectivity index (χ4v) is 1.14. The molecule has 0 saturated carbocycles. The molecule has 2 heteroatoms. The smallest absolute Gasteiger partial charge is 0.0132 e. The lowest BCUT2D eigenvalue weighted by Gasteiger charge is -1.85. The van der Waals surface area contributed by atoms with E-state index in [-0.39, 0.29) is 0 Å². The molecule has 0 aliphatic heterocycles. The normalized spacial score (nSPS) is 11.2. The molecule has 0 fully saturated rings. The van der Waals surface area contributed by atoms with Crippen LogP contribution in [0.4, 0.5) is 0 Å². The van der Waals surface area contributed by atoms with E-state index in [1.807, 2.05) is 32.9 Å². The summed E-state index contributed by atoms with van der Waals surface area (Å²) in [6.45, 7) is 6.00. The topological polar surface area (TPSA) is 0 Å². The SMILES string of the molecule is C/C=C\C(Br)=C/CCBr.CC. The maximum Gasteiger partial charge on any atom is 0.0132 e. The highest BCUT2D eigenvalue weighted by Gasteiger charge is 1.80. The van der Waals surface area contributed by atoms with Gasteiger partial charge < -0.3 is 0 Å². The molecule has 0 radical (unpaired) electrons. The number of hydrogen-bond donors (Lipinski definition) is 0. The Morgan fingerprint density at radius 3 is 2.27 bits per heavy atom. The Hall–Kier alpha value is 0.440. The summed E-state index contributed by atoms with van der Waals surface area (Å²) < 4.78 is 1.16. The van der Waals surface area contributed by atoms with Crippen molar-refractivity contribution in [2.75, 3.05) is 5.33 Å². The molecule has 0 spiro atoms. The third kappa shape index (κ3) is 13.4. The number of rotatable bonds is 3. The molecule has 0 amide bonds. The van der Waals surface area contributed by atoms with Gasteiger partial charge in [-0.1, -0.05) is 63.9 Å². The maximum atomic E-state index is 3.39. The average Bonchev–Trinajstić information content (AvgIpc) is 2.05. The van der Waals surface area contributed by atoms with Crippen LogP contribution in [0.5, 0.6) is 0 Å². The molecular weight excluding hydrogens is 268 g/mol. The lowest BCUT2D eigenvalue weighted by molar-refractivity contribution is 1.26. The van der Waals surface area contributed by atoms with E-state index >= 15 is 0 Å². The molecular formula is C9H16Br2. The lowest BCUT2D eigenvalue weighted by atomic mass is 10.4. The zero-order valence-corrected chi connectivity index (χ0v) is 10.6. The van der Waals surface area contributed by atoms with Crippen LogP contribution >= 0.6 is 31.9 Å². The molecule has 0 saturated heterocycles. The summed E-state index contributed by atoms with van der Waals surface area (Å²) in [5.41, 5.74) is 0. The van der Waals surface area contributed by atoms with Crippen molar-refractivity contribution in [2.45, 2.75) is 27.2 Å². The van der Waals surface area contributed by atoms with Gasteiger partial charge in [0.25, 0.3) is 0 Å². The van der Waals surface area contributed by atoms with Gasteiger partial charge in [0, 0.05) is 9.81 Å². The van der Waals surface area contributed by atoms with Gasteiger partial charge in [-0.25, -0.2) is 0 Å². The second-order valence-corrected chi connectivity index (χ2v) is 3.28. The number of halogens is 2. The molecule has 0 bridgehead atoms. The highest BCUT2D eigenvalue weighted by Crippen LogP contribution is 2.07. The van der Waals surface area contributed by atoms with Gasteiger partial charge in [-0.05, 0) is 13.3 Å². The fourth-order valence-electron chi connectivity index (χ4n) is 0.420. The van der Waals surface area contributed by atoms with Crippen LogP contribution in [0, 0.1) is 0 Å². The largest absolute Gasteiger partial charge is 0.0925 e. The van der Waals surface area contributed by atoms with E-state index in [1.54, 1.807) is 0 Å². The highest BCUT2D eigenvalue weighted by atomic mass is 79.9. The first-order valence-electron chi connectivity index (χ1n) is 3.85. The van der Waals surface area contributed by atoms with Crippen LogP contribution in [0.15, 0.2) is 22.7 Å². The van der Waals surface area contributed by atoms with E-state index < -0.39 is 0 Å². The predicted octanol–water partition coefficient (Wildman–Crippen LogP) is 4.65. The van der Waals surface area contributed by atoms with Gasteiger partial charge in [0.05, 0.1) is 0 Å². The average molecular weight is 284 g/mol. The van der Waals surface area contributed by atoms with Crippen molar-refractivity contribution < 1.29 is 0 Å². The zero-order valence-electron chi connectivity index (χ0n) is 7.40. The molecule has 0 aromatic heterocycles. The van der Waals surface area contributed by atoms with Crippen LogP contribution in [0.25, 0.3) is 0 Å². The first-order chi connectivity index (χ1) is 5.31. The number of allylic oxidation sites excluding steroid dienone is 4. The summed E-state index contributed by atoms with van der Waals surface area (Å²) in [4.78, 5) is 0. The van der Waals surface area contributed by atoms with Gasteiger partial charge in [0.2, 0.25) is 0 Å². The summed E-state index contributed by atoms with van der Waals surface area (Å²) >= 11 is 6.73. The van der Waals surface area contributed by atoms with Crippen molar-refractivity contribution in [1.29, 1.82) is 0 Å². The van der Waals surface area contributed by atoms with Gasteiger partial charge in [-0.2, -0.15) is 0 Å². The Labute approximate surface area is 87.0 Å². The van der Waals surface area contributed by atoms with Gasteiger partial charge >= 0.3 is 0 Å². The predicted molar refractivity (Wildman–Crippen MR) is 61.6 cm³/mol. The highest BCUT2D eigenvalue weighted by molar-refractivity contribution is 9.11. The summed E-state index contributed by atoms with van der Waals surface area (Å²) in [7, 11) is 0. The van der Waals surface area contributed by atoms with Crippen molar-refractivity contribution in [3.05, 3.63) is 22.7 Å². The molecule has 0 atom stereocenters. The molecule has 0 nitrogen and oxygen atoms in total. The van der Waals surface area contributed by atoms with E-state index in [9.17, 15) is 0 Å². The van der Waals surface area contributed by atoms with Gasteiger partial charge in [0.15, 0.2) is 0 Å². The van der Waals surface area contributed by atoms with Crippen LogP contribution in [-0.4, -0.2) is 5.33 Å². The maximum absolute atomic E-state index is 3.39. The standard InChI is InChI=1S/C7H10Br2.C2H6/c1-2-4-7(9)5-3-6-8;1-2/h2,4-5H,3,6H2,1H3;1-2H3/b4-2-,7-5+;. The Balaban J connectivity index is 0. The zero-order chi connectivity index (χ0) is 9.11. The second-order valence-electron chi connectivity index (χ2n) is 1.57. The molecule has 0 unspecified atom stereocenters. The van der Waals surface area contributed by atoms with E-state index in [2.05, 4.69) is 37.9 Å². The van der Waals surface area contributed by atoms with Crippen molar-refractivity contribution in [2.24, 2.45) is 0 Å². The quantitative estimate of drug-likeness (QED) is 0.522. The lowest BCUT2D eigenvalue weighted by Crippen LogP contribution is -1.67. The number of hydrogen-bond acceptors (Lipinski definition) is 0. The van der Waals surface area contributed by atoms with Crippen molar-refractivity contribution in [3.63, 3.8) is 0 Å². The molecule has 0 aliphatic rings. The van der Waals surface area contributed by atoms with Gasteiger partial charge in [0.1, 0.15) is 0 Å². The molecule has 0 N–H and O–H groups in total. The van der Waals surface area contributed by atoms with Crippen LogP contribution in [0.2, 0.25) is 0 Å². The summed E-state index contributed by atoms with van der Waals surface area (Å²) in [5.74, 6) is 0. The van der Waals surface area contributed by atoms with Crippen molar-refractivity contribution in [3.8, 4) is 0 Å². The fraction of sp³-hybridized carbons (Fsp3) is 0.556. The molecule has 66 valence electrons. The molecule has 0 aromatic rings. The first-order valence-corrected chi connectivity index (χ1v) is 5.77. The van der Waals surface area contributed by atoms with Crippen LogP contribution < -0.4 is 0 Å². The van der Waals surface area contributed by atoms with Crippen molar-refractivity contribution >= 4 is 31.9 Å². The first kappa shape index (κ1) is 14.0. The third-order valence-corrected chi connectivity index (χ3v) is 1.82. The Kier molecular flexibility index (Phi) is 16.6.